The van der Waals surface area contributed by atoms with Crippen LogP contribution in [0, 0.1) is 0 Å². The van der Waals surface area contributed by atoms with Crippen LogP contribution < -0.4 is 29.2 Å². The third kappa shape index (κ3) is 4.09. The number of nitrogens with one attached hydrogen (secondary N) is 1. The van der Waals surface area contributed by atoms with Crippen molar-refractivity contribution < 1.29 is 32.1 Å². The fraction of sp³-hybridized carbons (Fsp3) is 0.346. The lowest BCUT2D eigenvalue weighted by molar-refractivity contribution is 0.0725. The van der Waals surface area contributed by atoms with Crippen LogP contribution in [0.4, 0.5) is 0 Å². The smallest absolute Gasteiger partial charge is 0.279 e. The third-order valence-electron chi connectivity index (χ3n) is 6.97. The maximum atomic E-state index is 14.0. The van der Waals surface area contributed by atoms with Gasteiger partial charge >= 0.3 is 0 Å². The van der Waals surface area contributed by atoms with Crippen molar-refractivity contribution in [1.29, 1.82) is 0 Å². The summed E-state index contributed by atoms with van der Waals surface area (Å²) in [5, 5.41) is 3.60. The van der Waals surface area contributed by atoms with Gasteiger partial charge in [-0.1, -0.05) is 12.1 Å². The Bertz CT molecular complexity index is 1730. The molecule has 1 saturated heterocycles. The number of hydrogen-bond donors (Lipinski definition) is 1. The minimum absolute atomic E-state index is 0.0223. The third-order valence-corrected chi connectivity index (χ3v) is 8.59. The molecule has 200 valence electrons. The number of morpholine rings is 1. The van der Waals surface area contributed by atoms with Crippen LogP contribution in [0.1, 0.15) is 0 Å². The van der Waals surface area contributed by atoms with Crippen molar-refractivity contribution in [2.45, 2.75) is 6.54 Å². The van der Waals surface area contributed by atoms with Gasteiger partial charge in [0, 0.05) is 42.3 Å². The summed E-state index contributed by atoms with van der Waals surface area (Å²) in [6.07, 6.45) is 0. The molecule has 2 aliphatic rings. The van der Waals surface area contributed by atoms with Gasteiger partial charge in [0.15, 0.2) is 23.0 Å². The molecule has 0 spiro atoms. The van der Waals surface area contributed by atoms with E-state index in [0.717, 1.165) is 16.2 Å². The lowest BCUT2D eigenvalue weighted by atomic mass is 10.00. The Hall–Kier alpha value is -3.58. The minimum atomic E-state index is -3.72. The average molecular weight is 542 g/mol. The number of pyridine rings is 1. The minimum Gasteiger partial charge on any atom is -0.493 e. The van der Waals surface area contributed by atoms with Gasteiger partial charge in [-0.25, -0.2) is 4.72 Å². The quantitative estimate of drug-likeness (QED) is 0.354. The van der Waals surface area contributed by atoms with Crippen molar-refractivity contribution in [3.63, 3.8) is 0 Å². The molecule has 3 heterocycles. The van der Waals surface area contributed by atoms with Crippen molar-refractivity contribution in [3.05, 3.63) is 46.8 Å². The fourth-order valence-electron chi connectivity index (χ4n) is 5.11. The SMILES string of the molecule is COc1cc2c(=O)n(CCNS(=O)(=O)N3CCOCC3)c3c4cc5c(cc4ccc3c2cc1OC)OCO5. The Labute approximate surface area is 218 Å². The van der Waals surface area contributed by atoms with Gasteiger partial charge in [0.2, 0.25) is 6.79 Å². The van der Waals surface area contributed by atoms with E-state index in [4.69, 9.17) is 23.7 Å². The highest BCUT2D eigenvalue weighted by molar-refractivity contribution is 7.87. The van der Waals surface area contributed by atoms with Crippen LogP contribution in [0.5, 0.6) is 23.0 Å². The van der Waals surface area contributed by atoms with Gasteiger partial charge in [-0.2, -0.15) is 12.7 Å². The largest absolute Gasteiger partial charge is 0.493 e. The van der Waals surface area contributed by atoms with E-state index >= 15 is 0 Å². The van der Waals surface area contributed by atoms with Crippen LogP contribution in [0.3, 0.4) is 0 Å². The predicted octanol–water partition coefficient (Wildman–Crippen LogP) is 2.22. The molecular formula is C26H27N3O8S. The van der Waals surface area contributed by atoms with Crippen LogP contribution in [-0.2, 0) is 21.5 Å². The van der Waals surface area contributed by atoms with Gasteiger partial charge in [0.1, 0.15) is 0 Å². The first-order chi connectivity index (χ1) is 18.4. The highest BCUT2D eigenvalue weighted by Gasteiger charge is 2.24. The molecule has 38 heavy (non-hydrogen) atoms. The van der Waals surface area contributed by atoms with Crippen LogP contribution >= 0.6 is 0 Å². The molecule has 1 N–H and O–H groups in total. The molecule has 2 aliphatic heterocycles. The molecule has 0 atom stereocenters. The maximum absolute atomic E-state index is 14.0. The summed E-state index contributed by atoms with van der Waals surface area (Å²) in [6.45, 7) is 1.53. The normalized spacial score (nSPS) is 15.9. The molecule has 0 aliphatic carbocycles. The van der Waals surface area contributed by atoms with Crippen LogP contribution in [0.2, 0.25) is 0 Å². The van der Waals surface area contributed by atoms with Gasteiger partial charge in [0.05, 0.1) is 38.3 Å². The molecule has 12 heteroatoms. The molecule has 0 saturated carbocycles. The summed E-state index contributed by atoms with van der Waals surface area (Å²) in [5.74, 6) is 2.16. The van der Waals surface area contributed by atoms with Crippen molar-refractivity contribution in [2.75, 3.05) is 53.9 Å². The summed E-state index contributed by atoms with van der Waals surface area (Å²) in [5.41, 5.74) is 0.389. The summed E-state index contributed by atoms with van der Waals surface area (Å²) in [7, 11) is -0.658. The van der Waals surface area contributed by atoms with Crippen molar-refractivity contribution in [2.24, 2.45) is 0 Å². The molecule has 1 aromatic heterocycles. The zero-order valence-electron chi connectivity index (χ0n) is 21.0. The van der Waals surface area contributed by atoms with E-state index in [1.165, 1.54) is 11.4 Å². The number of fused-ring (bicyclic) bond motifs is 6. The Morgan fingerprint density at radius 1 is 0.895 bits per heavy atom. The lowest BCUT2D eigenvalue weighted by Gasteiger charge is -2.26. The topological polar surface area (TPSA) is 118 Å². The number of benzene rings is 3. The van der Waals surface area contributed by atoms with E-state index in [1.54, 1.807) is 23.8 Å². The zero-order chi connectivity index (χ0) is 26.4. The van der Waals surface area contributed by atoms with E-state index in [2.05, 4.69) is 4.72 Å². The monoisotopic (exact) mass is 541 g/mol. The molecule has 0 bridgehead atoms. The van der Waals surface area contributed by atoms with E-state index in [9.17, 15) is 13.2 Å². The average Bonchev–Trinajstić information content (AvgIpc) is 3.40. The van der Waals surface area contributed by atoms with E-state index in [1.807, 2.05) is 24.3 Å². The first kappa shape index (κ1) is 24.7. The number of methoxy groups -OCH3 is 2. The van der Waals surface area contributed by atoms with Gasteiger partial charge in [-0.15, -0.1) is 0 Å². The first-order valence-electron chi connectivity index (χ1n) is 12.2. The van der Waals surface area contributed by atoms with E-state index < -0.39 is 10.2 Å². The van der Waals surface area contributed by atoms with Crippen LogP contribution in [-0.4, -0.2) is 71.2 Å². The first-order valence-corrected chi connectivity index (χ1v) is 13.6. The molecule has 0 unspecified atom stereocenters. The number of rotatable bonds is 7. The van der Waals surface area contributed by atoms with Crippen molar-refractivity contribution in [1.82, 2.24) is 13.6 Å². The van der Waals surface area contributed by atoms with Gasteiger partial charge < -0.3 is 28.3 Å². The lowest BCUT2D eigenvalue weighted by Crippen LogP contribution is -2.47. The Kier molecular flexibility index (Phi) is 6.26. The Morgan fingerprint density at radius 2 is 1.58 bits per heavy atom. The van der Waals surface area contributed by atoms with Crippen LogP contribution in [0.25, 0.3) is 32.4 Å². The number of hydrogen-bond acceptors (Lipinski definition) is 8. The summed E-state index contributed by atoms with van der Waals surface area (Å²) in [6, 6.07) is 11.1. The molecule has 1 fully saturated rings. The second kappa shape index (κ2) is 9.62. The number of ether oxygens (including phenoxy) is 5. The molecule has 0 amide bonds. The molecular weight excluding hydrogens is 514 g/mol. The van der Waals surface area contributed by atoms with Crippen LogP contribution in [0.15, 0.2) is 41.2 Å². The molecule has 6 rings (SSSR count). The summed E-state index contributed by atoms with van der Waals surface area (Å²) in [4.78, 5) is 14.0. The Morgan fingerprint density at radius 3 is 2.29 bits per heavy atom. The second-order valence-corrected chi connectivity index (χ2v) is 10.8. The maximum Gasteiger partial charge on any atom is 0.279 e. The molecule has 4 aromatic rings. The molecule has 11 nitrogen and oxygen atoms in total. The highest BCUT2D eigenvalue weighted by atomic mass is 32.2. The van der Waals surface area contributed by atoms with Gasteiger partial charge in [0.25, 0.3) is 15.8 Å². The van der Waals surface area contributed by atoms with Crippen molar-refractivity contribution >= 4 is 42.7 Å². The number of aromatic nitrogens is 1. The second-order valence-electron chi connectivity index (χ2n) is 9.01. The van der Waals surface area contributed by atoms with Gasteiger partial charge in [-0.05, 0) is 29.7 Å². The summed E-state index contributed by atoms with van der Waals surface area (Å²) >= 11 is 0. The fourth-order valence-corrected chi connectivity index (χ4v) is 6.27. The Balaban J connectivity index is 1.53. The molecule has 0 radical (unpaired) electrons. The zero-order valence-corrected chi connectivity index (χ0v) is 21.8. The standard InChI is InChI=1S/C26H27N3O8S/c1-33-21-13-19-17-4-3-16-11-23-24(37-15-36-23)12-18(16)25(17)29(26(30)20(19)14-22(21)34-2)6-5-27-38(31,32)28-7-9-35-10-8-28/h3-4,11-14,27H,5-10,15H2,1-2H3. The van der Waals surface area contributed by atoms with E-state index in [-0.39, 0.29) is 38.5 Å². The molecule has 3 aromatic carbocycles. The predicted molar refractivity (Wildman–Crippen MR) is 142 cm³/mol. The summed E-state index contributed by atoms with van der Waals surface area (Å²) < 4.78 is 58.7. The van der Waals surface area contributed by atoms with Crippen molar-refractivity contribution in [3.8, 4) is 23.0 Å². The van der Waals surface area contributed by atoms with E-state index in [0.29, 0.717) is 52.5 Å². The van der Waals surface area contributed by atoms with Gasteiger partial charge in [-0.3, -0.25) is 4.79 Å². The highest BCUT2D eigenvalue weighted by Crippen LogP contribution is 2.41. The number of nitrogens with zero attached hydrogens (tertiary/aromatic N) is 2.